The zero-order valence-corrected chi connectivity index (χ0v) is 14.2. The molecule has 126 valence electrons. The molecule has 0 saturated carbocycles. The molecule has 0 N–H and O–H groups in total. The average molecular weight is 325 g/mol. The van der Waals surface area contributed by atoms with Crippen LogP contribution in [-0.4, -0.2) is 34.7 Å². The second-order valence-corrected chi connectivity index (χ2v) is 6.17. The predicted molar refractivity (Wildman–Crippen MR) is 93.1 cm³/mol. The van der Waals surface area contributed by atoms with E-state index in [9.17, 15) is 4.79 Å². The van der Waals surface area contributed by atoms with E-state index in [1.165, 1.54) is 0 Å². The van der Waals surface area contributed by atoms with E-state index in [4.69, 9.17) is 4.74 Å². The Kier molecular flexibility index (Phi) is 4.99. The lowest BCUT2D eigenvalue weighted by molar-refractivity contribution is -0.135. The van der Waals surface area contributed by atoms with Crippen molar-refractivity contribution in [3.05, 3.63) is 54.4 Å². The van der Waals surface area contributed by atoms with Gasteiger partial charge in [-0.05, 0) is 31.4 Å². The van der Waals surface area contributed by atoms with Gasteiger partial charge in [-0.3, -0.25) is 4.79 Å². The Hall–Kier alpha value is -2.56. The number of rotatable bonds is 5. The monoisotopic (exact) mass is 325 g/mol. The molecular weight excluding hydrogens is 302 g/mol. The number of hydrogen-bond acceptors (Lipinski definition) is 3. The highest BCUT2D eigenvalue weighted by atomic mass is 16.5. The fraction of sp³-hybridized carbons (Fsp3) is 0.368. The summed E-state index contributed by atoms with van der Waals surface area (Å²) >= 11 is 0. The summed E-state index contributed by atoms with van der Waals surface area (Å²) in [6.07, 6.45) is 10.8. The molecule has 3 rings (SSSR count). The molecule has 24 heavy (non-hydrogen) atoms. The van der Waals surface area contributed by atoms with Crippen LogP contribution < -0.4 is 4.74 Å². The van der Waals surface area contributed by atoms with Crippen LogP contribution in [-0.2, 0) is 11.3 Å². The van der Waals surface area contributed by atoms with Crippen LogP contribution in [0.4, 0.5) is 0 Å². The third-order valence-corrected chi connectivity index (χ3v) is 4.37. The van der Waals surface area contributed by atoms with Gasteiger partial charge in [-0.25, -0.2) is 4.68 Å². The van der Waals surface area contributed by atoms with Crippen LogP contribution >= 0.6 is 0 Å². The molecule has 1 aliphatic carbocycles. The second-order valence-electron chi connectivity index (χ2n) is 6.17. The molecule has 0 radical (unpaired) electrons. The average Bonchev–Trinajstić information content (AvgIpc) is 3.10. The van der Waals surface area contributed by atoms with Crippen molar-refractivity contribution in [1.29, 1.82) is 0 Å². The largest absolute Gasteiger partial charge is 0.497 e. The smallest absolute Gasteiger partial charge is 0.226 e. The van der Waals surface area contributed by atoms with E-state index in [0.29, 0.717) is 6.54 Å². The molecule has 1 aliphatic rings. The third-order valence-electron chi connectivity index (χ3n) is 4.37. The first kappa shape index (κ1) is 16.3. The number of aromatic nitrogens is 2. The van der Waals surface area contributed by atoms with Crippen LogP contribution in [0.15, 0.2) is 48.8 Å². The first-order valence-electron chi connectivity index (χ1n) is 8.25. The SMILES string of the molecule is COc1cccc(-n2cc(CN(C)C(=O)C3CC=CCC3)cn2)c1. The molecule has 1 amide bonds. The second kappa shape index (κ2) is 7.34. The quantitative estimate of drug-likeness (QED) is 0.793. The van der Waals surface area contributed by atoms with Crippen LogP contribution in [0.3, 0.4) is 0 Å². The fourth-order valence-corrected chi connectivity index (χ4v) is 3.02. The van der Waals surface area contributed by atoms with Gasteiger partial charge in [0.2, 0.25) is 5.91 Å². The van der Waals surface area contributed by atoms with Gasteiger partial charge in [-0.2, -0.15) is 5.10 Å². The summed E-state index contributed by atoms with van der Waals surface area (Å²) in [7, 11) is 3.51. The van der Waals surface area contributed by atoms with E-state index in [1.807, 2.05) is 43.7 Å². The lowest BCUT2D eigenvalue weighted by Crippen LogP contribution is -2.32. The Morgan fingerprint density at radius 1 is 1.42 bits per heavy atom. The molecule has 1 aromatic heterocycles. The summed E-state index contributed by atoms with van der Waals surface area (Å²) in [5.74, 6) is 1.13. The van der Waals surface area contributed by atoms with E-state index in [2.05, 4.69) is 17.3 Å². The van der Waals surface area contributed by atoms with Gasteiger partial charge >= 0.3 is 0 Å². The van der Waals surface area contributed by atoms with Crippen LogP contribution in [0.2, 0.25) is 0 Å². The fourth-order valence-electron chi connectivity index (χ4n) is 3.02. The van der Waals surface area contributed by atoms with Gasteiger partial charge in [0.1, 0.15) is 5.75 Å². The zero-order valence-electron chi connectivity index (χ0n) is 14.2. The van der Waals surface area contributed by atoms with Crippen molar-refractivity contribution in [2.45, 2.75) is 25.8 Å². The number of amides is 1. The van der Waals surface area contributed by atoms with Crippen molar-refractivity contribution in [1.82, 2.24) is 14.7 Å². The van der Waals surface area contributed by atoms with Gasteiger partial charge in [0.15, 0.2) is 0 Å². The molecule has 0 saturated heterocycles. The van der Waals surface area contributed by atoms with Crippen LogP contribution in [0.5, 0.6) is 5.75 Å². The van der Waals surface area contributed by atoms with E-state index >= 15 is 0 Å². The number of ether oxygens (including phenoxy) is 1. The number of nitrogens with zero attached hydrogens (tertiary/aromatic N) is 3. The number of hydrogen-bond donors (Lipinski definition) is 0. The molecule has 2 aromatic rings. The highest BCUT2D eigenvalue weighted by Gasteiger charge is 2.22. The molecule has 0 bridgehead atoms. The number of carbonyl (C=O) groups excluding carboxylic acids is 1. The maximum absolute atomic E-state index is 12.5. The van der Waals surface area contributed by atoms with Gasteiger partial charge in [0, 0.05) is 37.3 Å². The van der Waals surface area contributed by atoms with E-state index < -0.39 is 0 Å². The summed E-state index contributed by atoms with van der Waals surface area (Å²) in [5, 5.41) is 4.40. The summed E-state index contributed by atoms with van der Waals surface area (Å²) in [4.78, 5) is 14.3. The van der Waals surface area contributed by atoms with Crippen LogP contribution in [0.1, 0.15) is 24.8 Å². The Labute approximate surface area is 142 Å². The zero-order chi connectivity index (χ0) is 16.9. The summed E-state index contributed by atoms with van der Waals surface area (Å²) < 4.78 is 7.05. The number of carbonyl (C=O) groups is 1. The minimum atomic E-state index is 0.119. The van der Waals surface area contributed by atoms with E-state index in [1.54, 1.807) is 16.7 Å². The molecule has 0 fully saturated rings. The molecule has 1 unspecified atom stereocenters. The minimum Gasteiger partial charge on any atom is -0.497 e. The predicted octanol–water partition coefficient (Wildman–Crippen LogP) is 3.20. The third kappa shape index (κ3) is 3.67. The summed E-state index contributed by atoms with van der Waals surface area (Å²) in [5.41, 5.74) is 1.95. The maximum Gasteiger partial charge on any atom is 0.226 e. The first-order chi connectivity index (χ1) is 11.7. The van der Waals surface area contributed by atoms with Crippen molar-refractivity contribution < 1.29 is 9.53 Å². The van der Waals surface area contributed by atoms with Crippen LogP contribution in [0, 0.1) is 5.92 Å². The topological polar surface area (TPSA) is 47.4 Å². The lowest BCUT2D eigenvalue weighted by Gasteiger charge is -2.24. The molecule has 0 spiro atoms. The van der Waals surface area contributed by atoms with Crippen molar-refractivity contribution in [2.24, 2.45) is 5.92 Å². The molecule has 1 aromatic carbocycles. The first-order valence-corrected chi connectivity index (χ1v) is 8.25. The number of benzene rings is 1. The van der Waals surface area contributed by atoms with Crippen molar-refractivity contribution in [3.8, 4) is 11.4 Å². The summed E-state index contributed by atoms with van der Waals surface area (Å²) in [6, 6.07) is 7.74. The van der Waals surface area contributed by atoms with Crippen LogP contribution in [0.25, 0.3) is 5.69 Å². The maximum atomic E-state index is 12.5. The van der Waals surface area contributed by atoms with Gasteiger partial charge < -0.3 is 9.64 Å². The Balaban J connectivity index is 1.67. The Bertz CT molecular complexity index is 736. The van der Waals surface area contributed by atoms with E-state index in [0.717, 1.165) is 36.3 Å². The Morgan fingerprint density at radius 3 is 3.04 bits per heavy atom. The molecule has 5 nitrogen and oxygen atoms in total. The molecule has 0 aliphatic heterocycles. The van der Waals surface area contributed by atoms with Crippen molar-refractivity contribution >= 4 is 5.91 Å². The number of methoxy groups -OCH3 is 1. The molecular formula is C19H23N3O2. The number of allylic oxidation sites excluding steroid dienone is 2. The van der Waals surface area contributed by atoms with Gasteiger partial charge in [0.05, 0.1) is 19.0 Å². The normalized spacial score (nSPS) is 16.8. The van der Waals surface area contributed by atoms with Gasteiger partial charge in [-0.15, -0.1) is 0 Å². The van der Waals surface area contributed by atoms with Crippen molar-refractivity contribution in [3.63, 3.8) is 0 Å². The molecule has 1 heterocycles. The minimum absolute atomic E-state index is 0.119. The molecule has 1 atom stereocenters. The summed E-state index contributed by atoms with van der Waals surface area (Å²) in [6.45, 7) is 0.572. The van der Waals surface area contributed by atoms with Gasteiger partial charge in [-0.1, -0.05) is 18.2 Å². The Morgan fingerprint density at radius 2 is 2.29 bits per heavy atom. The standard InChI is InChI=1S/C19H23N3O2/c1-21(19(23)16-7-4-3-5-8-16)13-15-12-20-22(14-15)17-9-6-10-18(11-17)24-2/h3-4,6,9-12,14,16H,5,7-8,13H2,1-2H3. The van der Waals surface area contributed by atoms with E-state index in [-0.39, 0.29) is 11.8 Å². The highest BCUT2D eigenvalue weighted by molar-refractivity contribution is 5.78. The lowest BCUT2D eigenvalue weighted by atomic mass is 9.93. The highest BCUT2D eigenvalue weighted by Crippen LogP contribution is 2.21. The molecule has 5 heteroatoms. The van der Waals surface area contributed by atoms with Crippen molar-refractivity contribution in [2.75, 3.05) is 14.2 Å². The van der Waals surface area contributed by atoms with Gasteiger partial charge in [0.25, 0.3) is 0 Å².